The molecule has 0 heterocycles. The number of likely N-dealkylation sites (N-methyl/N-ethyl adjacent to an activating group) is 2. The summed E-state index contributed by atoms with van der Waals surface area (Å²) < 4.78 is 0. The third kappa shape index (κ3) is 11.4. The summed E-state index contributed by atoms with van der Waals surface area (Å²) in [6.07, 6.45) is 0. The van der Waals surface area contributed by atoms with Gasteiger partial charge in [0.15, 0.2) is 0 Å². The van der Waals surface area contributed by atoms with Gasteiger partial charge in [-0.1, -0.05) is 121 Å². The fraction of sp³-hybridized carbons (Fsp3) is 0.129. The van der Waals surface area contributed by atoms with E-state index < -0.39 is 0 Å². The molecule has 0 atom stereocenters. The van der Waals surface area contributed by atoms with E-state index in [9.17, 15) is 10.2 Å². The molecule has 0 saturated carbocycles. The molecule has 2 N–H and O–H groups in total. The first-order valence-electron chi connectivity index (χ1n) is 22.6. The van der Waals surface area contributed by atoms with E-state index in [0.717, 1.165) is 112 Å². The molecule has 0 unspecified atom stereocenters. The second-order valence-corrected chi connectivity index (χ2v) is 17.5. The summed E-state index contributed by atoms with van der Waals surface area (Å²) >= 11 is 0. The Hall–Kier alpha value is -6.79. The molecule has 0 aromatic heterocycles. The van der Waals surface area contributed by atoms with Crippen LogP contribution < -0.4 is 0 Å². The van der Waals surface area contributed by atoms with Gasteiger partial charge in [0.2, 0.25) is 0 Å². The van der Waals surface area contributed by atoms with Crippen LogP contribution in [-0.2, 0) is 34.8 Å². The third-order valence-corrected chi connectivity index (χ3v) is 12.2. The summed E-state index contributed by atoms with van der Waals surface area (Å²) in [5.74, 6) is 0.677. The molecule has 0 spiro atoms. The van der Waals surface area contributed by atoms with Crippen molar-refractivity contribution in [2.24, 2.45) is 0 Å². The molecule has 0 amide bonds. The molecule has 0 radical (unpaired) electrons. The minimum Gasteiger partial charge on any atom is -0.507 e. The van der Waals surface area contributed by atoms with Crippen LogP contribution in [0.15, 0.2) is 194 Å². The normalized spacial score (nSPS) is 11.0. The molecule has 0 saturated heterocycles. The van der Waals surface area contributed by atoms with Gasteiger partial charge in [0.05, 0.1) is 0 Å². The number of aromatic hydroxyl groups is 2. The van der Waals surface area contributed by atoms with E-state index >= 15 is 0 Å². The van der Waals surface area contributed by atoms with Crippen molar-refractivity contribution in [3.05, 3.63) is 241 Å². The van der Waals surface area contributed by atoms with Crippen LogP contribution in [0.2, 0.25) is 0 Å². The maximum Gasteiger partial charge on any atom is 2.00 e. The second-order valence-electron chi connectivity index (χ2n) is 17.5. The molecule has 10 aromatic rings. The number of hydrogen-bond donors (Lipinski definition) is 2. The van der Waals surface area contributed by atoms with Crippen LogP contribution in [0.25, 0.3) is 65.3 Å². The number of phenols is 2. The van der Waals surface area contributed by atoms with Crippen molar-refractivity contribution in [3.63, 3.8) is 0 Å². The van der Waals surface area contributed by atoms with Crippen LogP contribution >= 0.6 is 0 Å². The average Bonchev–Trinajstić information content (AvgIpc) is 3.32. The van der Waals surface area contributed by atoms with Gasteiger partial charge in [-0.15, -0.1) is 24.3 Å². The van der Waals surface area contributed by atoms with Gasteiger partial charge in [0.1, 0.15) is 11.5 Å². The van der Waals surface area contributed by atoms with Crippen molar-refractivity contribution in [2.45, 2.75) is 26.9 Å². The number of nitrogens with zero attached hydrogens (tertiary/aromatic N) is 2. The molecule has 10 aromatic carbocycles. The maximum absolute atomic E-state index is 11.9. The van der Waals surface area contributed by atoms with Gasteiger partial charge in [0.25, 0.3) is 0 Å². The fourth-order valence-corrected chi connectivity index (χ4v) is 8.97. The van der Waals surface area contributed by atoms with Gasteiger partial charge >= 0.3 is 21.7 Å². The molecule has 0 fully saturated rings. The first-order valence-corrected chi connectivity index (χ1v) is 22.6. The Morgan fingerprint density at radius 2 is 0.672 bits per heavy atom. The zero-order valence-corrected chi connectivity index (χ0v) is 40.6. The average molecular weight is 911 g/mol. The number of aryl methyl sites for hydroxylation is 2. The van der Waals surface area contributed by atoms with E-state index in [4.69, 9.17) is 0 Å². The van der Waals surface area contributed by atoms with Crippen molar-refractivity contribution in [2.75, 3.05) is 27.2 Å². The van der Waals surface area contributed by atoms with Crippen LogP contribution in [0.4, 0.5) is 0 Å². The van der Waals surface area contributed by atoms with Crippen molar-refractivity contribution < 1.29 is 31.9 Å². The van der Waals surface area contributed by atoms with Crippen molar-refractivity contribution in [1.29, 1.82) is 0 Å². The van der Waals surface area contributed by atoms with E-state index in [1.807, 2.05) is 60.7 Å². The van der Waals surface area contributed by atoms with Gasteiger partial charge in [-0.2, -0.15) is 49.2 Å². The number of rotatable bonds is 9. The summed E-state index contributed by atoms with van der Waals surface area (Å²) in [6, 6.07) is 66.4. The predicted octanol–water partition coefficient (Wildman–Crippen LogP) is 15.0. The Morgan fingerprint density at radius 1 is 0.388 bits per heavy atom. The first kappa shape index (κ1) is 48.2. The molecule has 10 rings (SSSR count). The molecule has 67 heavy (non-hydrogen) atoms. The summed E-state index contributed by atoms with van der Waals surface area (Å²) in [6.45, 7) is 14.5. The molecule has 332 valence electrons. The third-order valence-electron chi connectivity index (χ3n) is 12.2. The van der Waals surface area contributed by atoms with Crippen LogP contribution in [-0.4, -0.2) is 47.2 Å². The van der Waals surface area contributed by atoms with Crippen LogP contribution in [0.3, 0.4) is 0 Å². The Balaban J connectivity index is 0.000000380. The Bertz CT molecular complexity index is 2930. The zero-order valence-electron chi connectivity index (χ0n) is 39.0. The Kier molecular flexibility index (Phi) is 15.9. The maximum atomic E-state index is 11.9. The standard InChI is InChI=1S/C48H44N2O2.2C7H7.Ti/c1-31-23-37(47(51)43(25-31)45-39-17-9-5-13-33(39)27-34-14-6-10-18-40(34)45)29-49(3)21-22-50(4)30-38-24-32(2)26-44(48(38)52)46-41-19-11-7-15-35(41)28-36-16-8-12-20-42(36)46;2*1-7-5-3-2-4-6-7;/h5-20,23-28,51-52H,21-22,29-30H2,1-4H3;2*2-6H,1H2;/q;2*-1;+2. The molecule has 0 aliphatic heterocycles. The largest absolute Gasteiger partial charge is 2.00 e. The van der Waals surface area contributed by atoms with Crippen LogP contribution in [0, 0.1) is 27.7 Å². The molecule has 5 heteroatoms. The van der Waals surface area contributed by atoms with Crippen molar-refractivity contribution in [3.8, 4) is 33.8 Å². The summed E-state index contributed by atoms with van der Waals surface area (Å²) in [4.78, 5) is 4.53. The van der Waals surface area contributed by atoms with E-state index in [2.05, 4.69) is 185 Å². The molecule has 4 nitrogen and oxygen atoms in total. The summed E-state index contributed by atoms with van der Waals surface area (Å²) in [7, 11) is 4.22. The van der Waals surface area contributed by atoms with E-state index in [1.165, 1.54) is 0 Å². The molecular formula is C62H58N2O2Ti. The van der Waals surface area contributed by atoms with Crippen LogP contribution in [0.1, 0.15) is 33.4 Å². The Labute approximate surface area is 411 Å². The van der Waals surface area contributed by atoms with Crippen molar-refractivity contribution >= 4 is 43.1 Å². The number of fused-ring (bicyclic) bond motifs is 4. The SMILES string of the molecule is Cc1cc(CN(C)CCN(C)Cc2cc(C)cc(-c3c4ccccc4cc4ccccc34)c2O)c(O)c(-c2c3ccccc3cc3ccccc23)c1.[CH2-]c1ccccc1.[CH2-]c1ccccc1.[Ti+2]. The van der Waals surface area contributed by atoms with Gasteiger partial charge in [-0.3, -0.25) is 0 Å². The van der Waals surface area contributed by atoms with Gasteiger partial charge in [-0.05, 0) is 106 Å². The van der Waals surface area contributed by atoms with E-state index in [0.29, 0.717) is 24.6 Å². The van der Waals surface area contributed by atoms with Crippen molar-refractivity contribution in [1.82, 2.24) is 9.80 Å². The molecule has 0 bridgehead atoms. The summed E-state index contributed by atoms with van der Waals surface area (Å²) in [5.41, 5.74) is 10.1. The Morgan fingerprint density at radius 3 is 0.955 bits per heavy atom. The van der Waals surface area contributed by atoms with Crippen LogP contribution in [0.5, 0.6) is 11.5 Å². The quantitative estimate of drug-likeness (QED) is 0.0860. The zero-order chi connectivity index (χ0) is 46.2. The predicted molar refractivity (Wildman–Crippen MR) is 281 cm³/mol. The van der Waals surface area contributed by atoms with Gasteiger partial charge in [0, 0.05) is 59.6 Å². The first-order chi connectivity index (χ1) is 32.0. The number of hydrogen-bond acceptors (Lipinski definition) is 4. The van der Waals surface area contributed by atoms with Gasteiger partial charge in [-0.25, -0.2) is 0 Å². The van der Waals surface area contributed by atoms with E-state index in [1.54, 1.807) is 0 Å². The fourth-order valence-electron chi connectivity index (χ4n) is 8.97. The molecule has 0 aliphatic rings. The monoisotopic (exact) mass is 910 g/mol. The number of benzene rings is 10. The number of phenolic OH excluding ortho intramolecular Hbond substituents is 2. The van der Waals surface area contributed by atoms with Gasteiger partial charge < -0.3 is 20.0 Å². The minimum atomic E-state index is 0. The summed E-state index contributed by atoms with van der Waals surface area (Å²) in [5, 5.41) is 32.9. The molecule has 0 aliphatic carbocycles. The van der Waals surface area contributed by atoms with E-state index in [-0.39, 0.29) is 21.7 Å². The molecular weight excluding hydrogens is 853 g/mol. The second kappa shape index (κ2) is 22.1. The minimum absolute atomic E-state index is 0. The smallest absolute Gasteiger partial charge is 0.507 e. The topological polar surface area (TPSA) is 46.9 Å².